The summed E-state index contributed by atoms with van der Waals surface area (Å²) in [4.78, 5) is 27.5. The van der Waals surface area contributed by atoms with Crippen molar-refractivity contribution in [1.29, 1.82) is 0 Å². The number of carbonyl (C=O) groups is 2. The van der Waals surface area contributed by atoms with Crippen LogP contribution in [0.4, 0.5) is 0 Å². The van der Waals surface area contributed by atoms with Crippen LogP contribution >= 0.6 is 0 Å². The first kappa shape index (κ1) is 15.2. The Hall–Kier alpha value is -1.36. The molecule has 1 saturated carbocycles. The first-order chi connectivity index (χ1) is 11.0. The molecule has 4 aliphatic rings. The molecule has 23 heavy (non-hydrogen) atoms. The van der Waals surface area contributed by atoms with Gasteiger partial charge in [-0.15, -0.1) is 0 Å². The van der Waals surface area contributed by atoms with Crippen LogP contribution in [0, 0.1) is 17.8 Å². The third-order valence-electron chi connectivity index (χ3n) is 5.73. The minimum Gasteiger partial charge on any atom is -0.465 e. The first-order valence-corrected chi connectivity index (χ1v) is 8.86. The molecular weight excluding hydrogens is 294 g/mol. The second-order valence-corrected chi connectivity index (χ2v) is 7.83. The number of esters is 1. The normalized spacial score (nSPS) is 38.8. The average molecular weight is 319 g/mol. The Labute approximate surface area is 137 Å². The molecule has 0 aromatic rings. The Balaban J connectivity index is 1.56. The van der Waals surface area contributed by atoms with Crippen LogP contribution in [0.3, 0.4) is 0 Å². The van der Waals surface area contributed by atoms with Gasteiger partial charge in [0.1, 0.15) is 11.5 Å². The van der Waals surface area contributed by atoms with Crippen LogP contribution in [-0.4, -0.2) is 47.7 Å². The zero-order valence-corrected chi connectivity index (χ0v) is 13.9. The van der Waals surface area contributed by atoms with E-state index in [9.17, 15) is 9.59 Å². The van der Waals surface area contributed by atoms with E-state index in [0.717, 1.165) is 12.8 Å². The standard InChI is InChI=1S/C18H25NO4/c1-11(2)9-22-17(21)14-13-7-8-18(23-13)10-19(16(20)15(14)18)12-5-3-4-6-12/h7-8,11-15H,3-6,9-10H2,1-2H3/t13-,14?,15+,18-/m1/s1. The lowest BCUT2D eigenvalue weighted by Gasteiger charge is -2.26. The molecule has 0 aromatic heterocycles. The zero-order chi connectivity index (χ0) is 16.2. The fraction of sp³-hybridized carbons (Fsp3) is 0.778. The lowest BCUT2D eigenvalue weighted by Crippen LogP contribution is -2.41. The summed E-state index contributed by atoms with van der Waals surface area (Å²) in [6, 6.07) is 0.325. The number of rotatable bonds is 4. The fourth-order valence-electron chi connectivity index (χ4n) is 4.67. The van der Waals surface area contributed by atoms with Gasteiger partial charge in [-0.05, 0) is 18.8 Å². The third-order valence-corrected chi connectivity index (χ3v) is 5.73. The average Bonchev–Trinajstić information content (AvgIpc) is 3.25. The van der Waals surface area contributed by atoms with Gasteiger partial charge in [0.25, 0.3) is 0 Å². The van der Waals surface area contributed by atoms with Crippen molar-refractivity contribution in [2.24, 2.45) is 17.8 Å². The SMILES string of the molecule is CC(C)COC(=O)C1[C@H]2C(=O)N(C3CCCC3)C[C@]23C=C[C@H]1O3. The van der Waals surface area contributed by atoms with E-state index in [4.69, 9.17) is 9.47 Å². The van der Waals surface area contributed by atoms with Gasteiger partial charge in [-0.2, -0.15) is 0 Å². The minimum absolute atomic E-state index is 0.0928. The van der Waals surface area contributed by atoms with Gasteiger partial charge in [0, 0.05) is 6.04 Å². The van der Waals surface area contributed by atoms with E-state index >= 15 is 0 Å². The number of hydrogen-bond acceptors (Lipinski definition) is 4. The van der Waals surface area contributed by atoms with Gasteiger partial charge in [-0.3, -0.25) is 9.59 Å². The summed E-state index contributed by atoms with van der Waals surface area (Å²) in [5.41, 5.74) is -0.591. The molecule has 0 aromatic carbocycles. The molecular formula is C18H25NO4. The Morgan fingerprint density at radius 1 is 1.43 bits per heavy atom. The molecule has 2 saturated heterocycles. The van der Waals surface area contributed by atoms with Crippen molar-refractivity contribution in [2.75, 3.05) is 13.2 Å². The number of ether oxygens (including phenoxy) is 2. The molecule has 3 aliphatic heterocycles. The van der Waals surface area contributed by atoms with Gasteiger partial charge in [0.15, 0.2) is 0 Å². The maximum absolute atomic E-state index is 13.0. The fourth-order valence-corrected chi connectivity index (χ4v) is 4.67. The largest absolute Gasteiger partial charge is 0.465 e. The molecule has 1 unspecified atom stereocenters. The number of hydrogen-bond donors (Lipinski definition) is 0. The third kappa shape index (κ3) is 2.24. The molecule has 3 heterocycles. The van der Waals surface area contributed by atoms with Crippen molar-refractivity contribution >= 4 is 11.9 Å². The molecule has 2 bridgehead atoms. The van der Waals surface area contributed by atoms with Gasteiger partial charge >= 0.3 is 5.97 Å². The summed E-state index contributed by atoms with van der Waals surface area (Å²) >= 11 is 0. The molecule has 5 nitrogen and oxygen atoms in total. The monoisotopic (exact) mass is 319 g/mol. The number of amides is 1. The van der Waals surface area contributed by atoms with E-state index in [1.165, 1.54) is 12.8 Å². The lowest BCUT2D eigenvalue weighted by atomic mass is 9.77. The van der Waals surface area contributed by atoms with Gasteiger partial charge in [0.2, 0.25) is 5.91 Å². The molecule has 0 N–H and O–H groups in total. The highest BCUT2D eigenvalue weighted by molar-refractivity contribution is 5.91. The van der Waals surface area contributed by atoms with E-state index in [1.54, 1.807) is 0 Å². The highest BCUT2D eigenvalue weighted by Crippen LogP contribution is 2.53. The van der Waals surface area contributed by atoms with Crippen LogP contribution < -0.4 is 0 Å². The van der Waals surface area contributed by atoms with Crippen LogP contribution in [0.15, 0.2) is 12.2 Å². The van der Waals surface area contributed by atoms with Crippen LogP contribution in [0.1, 0.15) is 39.5 Å². The molecule has 1 spiro atoms. The topological polar surface area (TPSA) is 55.8 Å². The molecule has 4 rings (SSSR count). The van der Waals surface area contributed by atoms with Crippen molar-refractivity contribution in [3.8, 4) is 0 Å². The van der Waals surface area contributed by atoms with Crippen molar-refractivity contribution in [2.45, 2.75) is 57.3 Å². The predicted octanol–water partition coefficient (Wildman–Crippen LogP) is 1.91. The highest BCUT2D eigenvalue weighted by atomic mass is 16.6. The van der Waals surface area contributed by atoms with Crippen LogP contribution in [0.2, 0.25) is 0 Å². The molecule has 1 amide bonds. The summed E-state index contributed by atoms with van der Waals surface area (Å²) in [6.45, 7) is 5.01. The lowest BCUT2D eigenvalue weighted by molar-refractivity contribution is -0.155. The number of fused-ring (bicyclic) bond motifs is 1. The molecule has 5 heteroatoms. The van der Waals surface area contributed by atoms with Crippen molar-refractivity contribution in [3.05, 3.63) is 12.2 Å². The van der Waals surface area contributed by atoms with Crippen LogP contribution in [-0.2, 0) is 19.1 Å². The quantitative estimate of drug-likeness (QED) is 0.587. The zero-order valence-electron chi connectivity index (χ0n) is 13.9. The minimum atomic E-state index is -0.591. The second kappa shape index (κ2) is 5.33. The van der Waals surface area contributed by atoms with E-state index in [1.807, 2.05) is 30.9 Å². The maximum Gasteiger partial charge on any atom is 0.312 e. The second-order valence-electron chi connectivity index (χ2n) is 7.83. The van der Waals surface area contributed by atoms with Crippen LogP contribution in [0.5, 0.6) is 0 Å². The predicted molar refractivity (Wildman–Crippen MR) is 83.5 cm³/mol. The van der Waals surface area contributed by atoms with Gasteiger partial charge in [-0.25, -0.2) is 0 Å². The van der Waals surface area contributed by atoms with Gasteiger partial charge in [0.05, 0.1) is 25.2 Å². The Morgan fingerprint density at radius 2 is 2.17 bits per heavy atom. The maximum atomic E-state index is 13.0. The highest BCUT2D eigenvalue weighted by Gasteiger charge is 2.67. The van der Waals surface area contributed by atoms with E-state index in [0.29, 0.717) is 19.2 Å². The Morgan fingerprint density at radius 3 is 2.87 bits per heavy atom. The van der Waals surface area contributed by atoms with Crippen LogP contribution in [0.25, 0.3) is 0 Å². The molecule has 1 aliphatic carbocycles. The van der Waals surface area contributed by atoms with Crippen molar-refractivity contribution < 1.29 is 19.1 Å². The van der Waals surface area contributed by atoms with E-state index in [2.05, 4.69) is 0 Å². The van der Waals surface area contributed by atoms with Gasteiger partial charge < -0.3 is 14.4 Å². The summed E-state index contributed by atoms with van der Waals surface area (Å²) in [5, 5.41) is 0. The Bertz CT molecular complexity index is 551. The van der Waals surface area contributed by atoms with Crippen molar-refractivity contribution in [1.82, 2.24) is 4.90 Å². The summed E-state index contributed by atoms with van der Waals surface area (Å²) in [5.74, 6) is -0.760. The van der Waals surface area contributed by atoms with Gasteiger partial charge in [-0.1, -0.05) is 38.8 Å². The summed E-state index contributed by atoms with van der Waals surface area (Å²) < 4.78 is 11.5. The first-order valence-electron chi connectivity index (χ1n) is 8.86. The van der Waals surface area contributed by atoms with E-state index < -0.39 is 17.4 Å². The molecule has 3 fully saturated rings. The molecule has 0 radical (unpaired) electrons. The number of likely N-dealkylation sites (tertiary alicyclic amines) is 1. The molecule has 126 valence electrons. The smallest absolute Gasteiger partial charge is 0.312 e. The Kier molecular flexibility index (Phi) is 3.52. The number of nitrogens with zero attached hydrogens (tertiary/aromatic N) is 1. The van der Waals surface area contributed by atoms with Crippen molar-refractivity contribution in [3.63, 3.8) is 0 Å². The number of carbonyl (C=O) groups excluding carboxylic acids is 2. The molecule has 4 atom stereocenters. The van der Waals surface area contributed by atoms with E-state index in [-0.39, 0.29) is 23.9 Å². The summed E-state index contributed by atoms with van der Waals surface area (Å²) in [7, 11) is 0. The summed E-state index contributed by atoms with van der Waals surface area (Å²) in [6.07, 6.45) is 8.18.